The van der Waals surface area contributed by atoms with E-state index in [9.17, 15) is 0 Å². The van der Waals surface area contributed by atoms with Crippen molar-refractivity contribution in [1.82, 2.24) is 9.13 Å². The zero-order chi connectivity index (χ0) is 45.7. The summed E-state index contributed by atoms with van der Waals surface area (Å²) in [5.41, 5.74) is 11.5. The van der Waals surface area contributed by atoms with Crippen LogP contribution in [0.2, 0.25) is 0 Å². The van der Waals surface area contributed by atoms with Gasteiger partial charge in [0.2, 0.25) is 0 Å². The largest absolute Gasteiger partial charge is 0.340 e. The van der Waals surface area contributed by atoms with E-state index in [1.54, 1.807) is 0 Å². The maximum Gasteiger partial charge on any atom is 0.0652 e. The fraction of sp³-hybridized carbons (Fsp3) is 0.194. The van der Waals surface area contributed by atoms with Gasteiger partial charge in [-0.25, -0.2) is 10.0 Å². The van der Waals surface area contributed by atoms with Gasteiger partial charge in [-0.3, -0.25) is 0 Å². The lowest BCUT2D eigenvalue weighted by molar-refractivity contribution is 0.529. The summed E-state index contributed by atoms with van der Waals surface area (Å²) in [6.07, 6.45) is 16.8. The fourth-order valence-corrected chi connectivity index (χ4v) is 9.83. The van der Waals surface area contributed by atoms with Crippen LogP contribution in [0.5, 0.6) is 0 Å². The van der Waals surface area contributed by atoms with Crippen molar-refractivity contribution in [1.29, 1.82) is 0 Å². The lowest BCUT2D eigenvalue weighted by atomic mass is 10.1. The molecule has 0 bridgehead atoms. The first kappa shape index (κ1) is 44.2. The molecule has 8 aromatic carbocycles. The third-order valence-corrected chi connectivity index (χ3v) is 13.3. The first-order chi connectivity index (χ1) is 33.8. The van der Waals surface area contributed by atoms with Crippen molar-refractivity contribution in [2.45, 2.75) is 77.3 Å². The molecule has 0 aliphatic rings. The minimum absolute atomic E-state index is 1.03. The van der Waals surface area contributed by atoms with Gasteiger partial charge in [-0.15, -0.1) is 0 Å². The van der Waals surface area contributed by atoms with E-state index < -0.39 is 0 Å². The second-order valence-corrected chi connectivity index (χ2v) is 17.9. The third-order valence-electron chi connectivity index (χ3n) is 13.3. The van der Waals surface area contributed by atoms with Gasteiger partial charge in [0.1, 0.15) is 0 Å². The first-order valence-corrected chi connectivity index (χ1v) is 24.7. The average molecular weight is 889 g/mol. The maximum atomic E-state index is 4.98. The number of hydrogen-bond donors (Lipinski definition) is 0. The summed E-state index contributed by atoms with van der Waals surface area (Å²) >= 11 is 0. The van der Waals surface area contributed by atoms with Crippen LogP contribution in [0.3, 0.4) is 0 Å². The van der Waals surface area contributed by atoms with E-state index in [2.05, 4.69) is 191 Å². The number of fused-ring (bicyclic) bond motifs is 6. The fourth-order valence-electron chi connectivity index (χ4n) is 9.83. The highest BCUT2D eigenvalue weighted by atomic mass is 15.5. The van der Waals surface area contributed by atoms with Gasteiger partial charge in [0, 0.05) is 56.7 Å². The summed E-state index contributed by atoms with van der Waals surface area (Å²) < 4.78 is 5.07. The Kier molecular flexibility index (Phi) is 14.1. The van der Waals surface area contributed by atoms with Gasteiger partial charge in [0.25, 0.3) is 0 Å². The summed E-state index contributed by atoms with van der Waals surface area (Å²) in [5.74, 6) is 0. The number of unbranched alkanes of at least 4 members (excludes halogenated alkanes) is 9. The number of benzene rings is 8. The van der Waals surface area contributed by atoms with Crippen molar-refractivity contribution in [3.63, 3.8) is 0 Å². The second-order valence-electron chi connectivity index (χ2n) is 17.9. The first-order valence-electron chi connectivity index (χ1n) is 24.7. The van der Waals surface area contributed by atoms with Crippen LogP contribution in [0.4, 0.5) is 22.7 Å². The van der Waals surface area contributed by atoms with Crippen LogP contribution in [-0.2, 0) is 13.1 Å². The second kappa shape index (κ2) is 21.7. The van der Waals surface area contributed by atoms with Gasteiger partial charge < -0.3 is 9.13 Å². The Bertz CT molecular complexity index is 2940. The van der Waals surface area contributed by atoms with E-state index in [1.807, 2.05) is 46.7 Å². The Morgan fingerprint density at radius 3 is 0.941 bits per heavy atom. The molecule has 0 N–H and O–H groups in total. The van der Waals surface area contributed by atoms with Crippen molar-refractivity contribution in [3.8, 4) is 0 Å². The molecule has 0 radical (unpaired) electrons. The number of aromatic nitrogens is 2. The molecule has 2 aromatic heterocycles. The molecule has 0 atom stereocenters. The molecule has 338 valence electrons. The van der Waals surface area contributed by atoms with Gasteiger partial charge in [-0.2, -0.15) is 10.2 Å². The Morgan fingerprint density at radius 1 is 0.294 bits per heavy atom. The summed E-state index contributed by atoms with van der Waals surface area (Å²) in [6, 6.07) is 72.7. The molecule has 0 aliphatic heterocycles. The normalized spacial score (nSPS) is 11.8. The molecule has 0 fully saturated rings. The molecule has 10 aromatic rings. The van der Waals surface area contributed by atoms with E-state index >= 15 is 0 Å². The molecule has 68 heavy (non-hydrogen) atoms. The molecule has 0 aliphatic carbocycles. The number of aryl methyl sites for hydroxylation is 2. The smallest absolute Gasteiger partial charge is 0.0652 e. The van der Waals surface area contributed by atoms with Crippen molar-refractivity contribution < 1.29 is 0 Å². The highest BCUT2D eigenvalue weighted by Crippen LogP contribution is 2.33. The van der Waals surface area contributed by atoms with Crippen LogP contribution in [0.25, 0.3) is 43.6 Å². The Labute approximate surface area is 401 Å². The summed E-state index contributed by atoms with van der Waals surface area (Å²) in [6.45, 7) is 2.08. The van der Waals surface area contributed by atoms with Gasteiger partial charge >= 0.3 is 0 Å². The molecule has 6 heteroatoms. The van der Waals surface area contributed by atoms with E-state index in [0.29, 0.717) is 0 Å². The predicted molar refractivity (Wildman–Crippen MR) is 290 cm³/mol. The number of para-hydroxylation sites is 6. The van der Waals surface area contributed by atoms with Crippen LogP contribution in [-0.4, -0.2) is 21.6 Å². The van der Waals surface area contributed by atoms with Gasteiger partial charge in [-0.05, 0) is 109 Å². The van der Waals surface area contributed by atoms with Crippen molar-refractivity contribution >= 4 is 78.8 Å². The summed E-state index contributed by atoms with van der Waals surface area (Å²) in [5, 5.41) is 19.2. The van der Waals surface area contributed by atoms with Crippen LogP contribution in [0, 0.1) is 0 Å². The van der Waals surface area contributed by atoms with Crippen LogP contribution < -0.4 is 10.0 Å². The van der Waals surface area contributed by atoms with Crippen LogP contribution in [0.15, 0.2) is 216 Å². The van der Waals surface area contributed by atoms with Crippen molar-refractivity contribution in [2.24, 2.45) is 10.2 Å². The molecule has 0 saturated heterocycles. The minimum atomic E-state index is 1.03. The SMILES string of the molecule is C(=NN(c1ccccc1)c1ccccc1)c1ccc2c(c1)c1ccccc1n2CCCCCCCCCCCCn1c2ccccc2c2cc(C=NN(c3ccccc3)c3ccccc3)ccc21. The van der Waals surface area contributed by atoms with E-state index in [4.69, 9.17) is 10.2 Å². The Balaban J connectivity index is 0.685. The number of nitrogens with zero attached hydrogens (tertiary/aromatic N) is 6. The zero-order valence-corrected chi connectivity index (χ0v) is 39.0. The number of hydrogen-bond acceptors (Lipinski definition) is 4. The van der Waals surface area contributed by atoms with E-state index in [-0.39, 0.29) is 0 Å². The topological polar surface area (TPSA) is 41.1 Å². The van der Waals surface area contributed by atoms with Gasteiger partial charge in [0.05, 0.1) is 35.2 Å². The third kappa shape index (κ3) is 10.2. The van der Waals surface area contributed by atoms with Gasteiger partial charge in [0.15, 0.2) is 0 Å². The molecule has 10 rings (SSSR count). The van der Waals surface area contributed by atoms with Crippen molar-refractivity contribution in [2.75, 3.05) is 10.0 Å². The van der Waals surface area contributed by atoms with E-state index in [0.717, 1.165) is 47.0 Å². The number of hydrazone groups is 2. The number of rotatable bonds is 21. The summed E-state index contributed by atoms with van der Waals surface area (Å²) in [4.78, 5) is 0. The lowest BCUT2D eigenvalue weighted by Gasteiger charge is -2.19. The average Bonchev–Trinajstić information content (AvgIpc) is 3.89. The van der Waals surface area contributed by atoms with E-state index in [1.165, 1.54) is 108 Å². The monoisotopic (exact) mass is 888 g/mol. The molecule has 2 heterocycles. The van der Waals surface area contributed by atoms with Crippen LogP contribution >= 0.6 is 0 Å². The zero-order valence-electron chi connectivity index (χ0n) is 39.0. The Morgan fingerprint density at radius 2 is 0.588 bits per heavy atom. The maximum absolute atomic E-state index is 4.98. The molecule has 0 amide bonds. The highest BCUT2D eigenvalue weighted by molar-refractivity contribution is 6.10. The number of anilines is 4. The molecule has 0 unspecified atom stereocenters. The Hall–Kier alpha value is -7.70. The lowest BCUT2D eigenvalue weighted by Crippen LogP contribution is -2.09. The van der Waals surface area contributed by atoms with Gasteiger partial charge in [-0.1, -0.05) is 173 Å². The van der Waals surface area contributed by atoms with Crippen LogP contribution in [0.1, 0.15) is 75.3 Å². The quantitative estimate of drug-likeness (QED) is 0.0410. The molecule has 6 nitrogen and oxygen atoms in total. The molecule has 0 spiro atoms. The summed E-state index contributed by atoms with van der Waals surface area (Å²) in [7, 11) is 0. The molecular weight excluding hydrogens is 829 g/mol. The predicted octanol–water partition coefficient (Wildman–Crippen LogP) is 16.8. The highest BCUT2D eigenvalue weighted by Gasteiger charge is 2.14. The standard InChI is InChI=1S/C62H60N6/c1(3-5-7-25-43-65-59-37-23-21-35-55(59)57-45-49(39-41-61(57)65)47-63-67(51-27-13-9-14-28-51)52-29-15-10-16-30-52)2-4-6-8-26-44-66-60-38-24-22-36-56(60)58-46-50(40-42-62(58)66)48-64-68(53-31-17-11-18-32-53)54-33-19-12-20-34-54/h9-24,27-42,45-48H,1-8,25-26,43-44H2. The van der Waals surface area contributed by atoms with Crippen molar-refractivity contribution in [3.05, 3.63) is 217 Å². The molecular formula is C62H60N6. The molecule has 0 saturated carbocycles. The minimum Gasteiger partial charge on any atom is -0.340 e.